The van der Waals surface area contributed by atoms with Crippen molar-refractivity contribution in [3.05, 3.63) is 29.8 Å². The standard InChI is InChI=1S/C13H21OP/c1-13(2,3)10-11-7-6-8-12(9-11)15(4,5)14/h6-9H,10H2,1-5H3. The van der Waals surface area contributed by atoms with E-state index in [-0.39, 0.29) is 5.41 Å². The van der Waals surface area contributed by atoms with Crippen LogP contribution in [-0.4, -0.2) is 13.3 Å². The lowest BCUT2D eigenvalue weighted by atomic mass is 9.88. The van der Waals surface area contributed by atoms with Crippen LogP contribution in [0.2, 0.25) is 0 Å². The van der Waals surface area contributed by atoms with E-state index in [1.54, 1.807) is 0 Å². The summed E-state index contributed by atoms with van der Waals surface area (Å²) in [7, 11) is -2.11. The Labute approximate surface area is 93.3 Å². The summed E-state index contributed by atoms with van der Waals surface area (Å²) in [4.78, 5) is 0. The third kappa shape index (κ3) is 4.22. The van der Waals surface area contributed by atoms with Gasteiger partial charge in [-0.15, -0.1) is 0 Å². The molecule has 0 aliphatic rings. The fraction of sp³-hybridized carbons (Fsp3) is 0.538. The Morgan fingerprint density at radius 3 is 2.27 bits per heavy atom. The monoisotopic (exact) mass is 224 g/mol. The SMILES string of the molecule is CC(C)(C)Cc1cccc(P(C)(C)=O)c1. The molecule has 0 unspecified atom stereocenters. The van der Waals surface area contributed by atoms with Gasteiger partial charge in [-0.25, -0.2) is 0 Å². The predicted molar refractivity (Wildman–Crippen MR) is 68.7 cm³/mol. The maximum Gasteiger partial charge on any atom is 0.109 e. The molecular formula is C13H21OP. The highest BCUT2D eigenvalue weighted by molar-refractivity contribution is 7.70. The van der Waals surface area contributed by atoms with E-state index in [2.05, 4.69) is 32.9 Å². The molecule has 1 aromatic rings. The van der Waals surface area contributed by atoms with E-state index in [0.717, 1.165) is 11.7 Å². The summed E-state index contributed by atoms with van der Waals surface area (Å²) < 4.78 is 11.9. The highest BCUT2D eigenvalue weighted by Gasteiger charge is 2.14. The summed E-state index contributed by atoms with van der Waals surface area (Å²) in [5.74, 6) is 0. The van der Waals surface area contributed by atoms with Crippen LogP contribution >= 0.6 is 7.14 Å². The zero-order chi connectivity index (χ0) is 11.7. The van der Waals surface area contributed by atoms with Crippen molar-refractivity contribution < 1.29 is 4.57 Å². The van der Waals surface area contributed by atoms with Crippen LogP contribution in [0.5, 0.6) is 0 Å². The van der Waals surface area contributed by atoms with Crippen LogP contribution in [0.25, 0.3) is 0 Å². The van der Waals surface area contributed by atoms with Crippen LogP contribution in [-0.2, 0) is 11.0 Å². The van der Waals surface area contributed by atoms with Gasteiger partial charge in [0.05, 0.1) is 0 Å². The second-order valence-corrected chi connectivity index (χ2v) is 8.98. The number of hydrogen-bond donors (Lipinski definition) is 0. The van der Waals surface area contributed by atoms with Crippen molar-refractivity contribution >= 4 is 12.4 Å². The summed E-state index contributed by atoms with van der Waals surface area (Å²) in [5.41, 5.74) is 1.56. The Morgan fingerprint density at radius 1 is 1.20 bits per heavy atom. The topological polar surface area (TPSA) is 17.1 Å². The van der Waals surface area contributed by atoms with Crippen LogP contribution in [0.15, 0.2) is 24.3 Å². The van der Waals surface area contributed by atoms with Gasteiger partial charge in [-0.1, -0.05) is 39.0 Å². The highest BCUT2D eigenvalue weighted by Crippen LogP contribution is 2.35. The van der Waals surface area contributed by atoms with E-state index in [9.17, 15) is 4.57 Å². The summed E-state index contributed by atoms with van der Waals surface area (Å²) >= 11 is 0. The largest absolute Gasteiger partial charge is 0.319 e. The molecule has 0 heterocycles. The molecule has 1 aromatic carbocycles. The molecule has 0 aromatic heterocycles. The lowest BCUT2D eigenvalue weighted by Crippen LogP contribution is -2.11. The molecule has 0 atom stereocenters. The minimum Gasteiger partial charge on any atom is -0.319 e. The van der Waals surface area contributed by atoms with Gasteiger partial charge in [0.1, 0.15) is 7.14 Å². The Kier molecular flexibility index (Phi) is 3.45. The van der Waals surface area contributed by atoms with Crippen molar-refractivity contribution in [3.8, 4) is 0 Å². The first-order chi connectivity index (χ1) is 6.68. The molecule has 0 spiro atoms. The van der Waals surface area contributed by atoms with Crippen molar-refractivity contribution in [1.29, 1.82) is 0 Å². The van der Waals surface area contributed by atoms with Gasteiger partial charge in [-0.3, -0.25) is 0 Å². The van der Waals surface area contributed by atoms with E-state index in [0.29, 0.717) is 0 Å². The van der Waals surface area contributed by atoms with Crippen LogP contribution in [0.3, 0.4) is 0 Å². The minimum absolute atomic E-state index is 0.282. The Bertz CT molecular complexity index is 382. The molecular weight excluding hydrogens is 203 g/mol. The Morgan fingerprint density at radius 2 is 1.80 bits per heavy atom. The molecule has 0 N–H and O–H groups in total. The molecule has 2 heteroatoms. The average molecular weight is 224 g/mol. The smallest absolute Gasteiger partial charge is 0.109 e. The molecule has 15 heavy (non-hydrogen) atoms. The highest BCUT2D eigenvalue weighted by atomic mass is 31.2. The zero-order valence-corrected chi connectivity index (χ0v) is 11.3. The molecule has 0 saturated heterocycles. The predicted octanol–water partition coefficient (Wildman–Crippen LogP) is 3.52. The number of rotatable bonds is 2. The second-order valence-electron chi connectivity index (χ2n) is 5.76. The summed E-state index contributed by atoms with van der Waals surface area (Å²) in [5, 5.41) is 0.990. The summed E-state index contributed by atoms with van der Waals surface area (Å²) in [6.07, 6.45) is 1.03. The van der Waals surface area contributed by atoms with Crippen molar-refractivity contribution in [2.24, 2.45) is 5.41 Å². The van der Waals surface area contributed by atoms with Crippen LogP contribution in [0.4, 0.5) is 0 Å². The molecule has 84 valence electrons. The van der Waals surface area contributed by atoms with Gasteiger partial charge in [0.15, 0.2) is 0 Å². The maximum absolute atomic E-state index is 11.9. The zero-order valence-electron chi connectivity index (χ0n) is 10.4. The molecule has 0 fully saturated rings. The van der Waals surface area contributed by atoms with Gasteiger partial charge >= 0.3 is 0 Å². The number of hydrogen-bond acceptors (Lipinski definition) is 1. The van der Waals surface area contributed by atoms with Crippen LogP contribution in [0.1, 0.15) is 26.3 Å². The van der Waals surface area contributed by atoms with Gasteiger partial charge in [0.2, 0.25) is 0 Å². The summed E-state index contributed by atoms with van der Waals surface area (Å²) in [6, 6.07) is 8.18. The first-order valence-electron chi connectivity index (χ1n) is 5.33. The van der Waals surface area contributed by atoms with Gasteiger partial charge in [-0.05, 0) is 36.8 Å². The van der Waals surface area contributed by atoms with Crippen molar-refractivity contribution in [2.45, 2.75) is 27.2 Å². The van der Waals surface area contributed by atoms with Gasteiger partial charge in [0, 0.05) is 5.30 Å². The fourth-order valence-electron chi connectivity index (χ4n) is 1.61. The van der Waals surface area contributed by atoms with E-state index in [1.165, 1.54) is 5.56 Å². The minimum atomic E-state index is -2.11. The van der Waals surface area contributed by atoms with Crippen molar-refractivity contribution in [3.63, 3.8) is 0 Å². The third-order valence-corrected chi connectivity index (χ3v) is 3.79. The quantitative estimate of drug-likeness (QED) is 0.702. The van der Waals surface area contributed by atoms with Gasteiger partial charge < -0.3 is 4.57 Å². The molecule has 0 bridgehead atoms. The lowest BCUT2D eigenvalue weighted by Gasteiger charge is -2.19. The van der Waals surface area contributed by atoms with Crippen LogP contribution < -0.4 is 5.30 Å². The third-order valence-electron chi connectivity index (χ3n) is 2.27. The van der Waals surface area contributed by atoms with E-state index in [1.807, 2.05) is 25.5 Å². The van der Waals surface area contributed by atoms with Gasteiger partial charge in [0.25, 0.3) is 0 Å². The Balaban J connectivity index is 2.99. The van der Waals surface area contributed by atoms with Crippen LogP contribution in [0, 0.1) is 5.41 Å². The molecule has 0 radical (unpaired) electrons. The van der Waals surface area contributed by atoms with E-state index in [4.69, 9.17) is 0 Å². The first kappa shape index (κ1) is 12.5. The van der Waals surface area contributed by atoms with Crippen molar-refractivity contribution in [1.82, 2.24) is 0 Å². The molecule has 1 rings (SSSR count). The normalized spacial score (nSPS) is 12.9. The number of benzene rings is 1. The second kappa shape index (κ2) is 4.14. The Hall–Kier alpha value is -0.550. The average Bonchev–Trinajstić information content (AvgIpc) is 1.99. The molecule has 0 aliphatic heterocycles. The fourth-order valence-corrected chi connectivity index (χ4v) is 2.54. The first-order valence-corrected chi connectivity index (χ1v) is 7.93. The molecule has 0 amide bonds. The molecule has 0 saturated carbocycles. The molecule has 1 nitrogen and oxygen atoms in total. The lowest BCUT2D eigenvalue weighted by molar-refractivity contribution is 0.411. The molecule has 0 aliphatic carbocycles. The van der Waals surface area contributed by atoms with E-state index < -0.39 is 7.14 Å². The maximum atomic E-state index is 11.9. The summed E-state index contributed by atoms with van der Waals surface area (Å²) in [6.45, 7) is 10.3. The van der Waals surface area contributed by atoms with Gasteiger partial charge in [-0.2, -0.15) is 0 Å². The van der Waals surface area contributed by atoms with E-state index >= 15 is 0 Å². The van der Waals surface area contributed by atoms with Crippen molar-refractivity contribution in [2.75, 3.05) is 13.3 Å².